The van der Waals surface area contributed by atoms with Gasteiger partial charge in [-0.1, -0.05) is 5.16 Å². The summed E-state index contributed by atoms with van der Waals surface area (Å²) in [5.41, 5.74) is 0.784. The predicted molar refractivity (Wildman–Crippen MR) is 73.9 cm³/mol. The molecule has 3 rings (SSSR count). The lowest BCUT2D eigenvalue weighted by molar-refractivity contribution is -0.129. The summed E-state index contributed by atoms with van der Waals surface area (Å²) in [6.45, 7) is 0.116. The number of nitrogens with zero attached hydrogens (tertiary/aromatic N) is 1. The summed E-state index contributed by atoms with van der Waals surface area (Å²) in [4.78, 5) is 16.0. The van der Waals surface area contributed by atoms with Crippen LogP contribution in [0.15, 0.2) is 11.2 Å². The summed E-state index contributed by atoms with van der Waals surface area (Å²) < 4.78 is 21.5. The van der Waals surface area contributed by atoms with Gasteiger partial charge in [0.25, 0.3) is 0 Å². The van der Waals surface area contributed by atoms with Gasteiger partial charge in [-0.2, -0.15) is 0 Å². The maximum Gasteiger partial charge on any atom is 0.353 e. The SMILES string of the molecule is COc1c(C[C@H]2CC(C(=O)O)=NO2)cc2c(c1OC)OCO2. The fraction of sp³-hybridized carbons (Fsp3) is 0.429. The van der Waals surface area contributed by atoms with Crippen LogP contribution in [0.4, 0.5) is 0 Å². The number of carboxylic acid groups (broad SMARTS) is 1. The van der Waals surface area contributed by atoms with Gasteiger partial charge in [0, 0.05) is 18.4 Å². The van der Waals surface area contributed by atoms with E-state index in [1.807, 2.05) is 0 Å². The number of fused-ring (bicyclic) bond motifs is 1. The summed E-state index contributed by atoms with van der Waals surface area (Å²) in [6, 6.07) is 1.78. The molecule has 118 valence electrons. The largest absolute Gasteiger partial charge is 0.492 e. The van der Waals surface area contributed by atoms with E-state index in [0.29, 0.717) is 29.4 Å². The lowest BCUT2D eigenvalue weighted by Gasteiger charge is -2.16. The number of carbonyl (C=O) groups is 1. The van der Waals surface area contributed by atoms with Crippen molar-refractivity contribution in [2.24, 2.45) is 5.16 Å². The van der Waals surface area contributed by atoms with Gasteiger partial charge in [-0.3, -0.25) is 0 Å². The molecule has 2 aliphatic heterocycles. The molecule has 0 bridgehead atoms. The van der Waals surface area contributed by atoms with Crippen LogP contribution in [-0.2, 0) is 16.1 Å². The van der Waals surface area contributed by atoms with Gasteiger partial charge in [0.05, 0.1) is 14.2 Å². The molecule has 22 heavy (non-hydrogen) atoms. The highest BCUT2D eigenvalue weighted by atomic mass is 16.7. The molecule has 0 aliphatic carbocycles. The van der Waals surface area contributed by atoms with Crippen molar-refractivity contribution >= 4 is 11.7 Å². The summed E-state index contributed by atoms with van der Waals surface area (Å²) in [6.07, 6.45) is 0.274. The number of aliphatic carboxylic acids is 1. The Morgan fingerprint density at radius 3 is 2.77 bits per heavy atom. The van der Waals surface area contributed by atoms with Crippen LogP contribution >= 0.6 is 0 Å². The summed E-state index contributed by atoms with van der Waals surface area (Å²) in [7, 11) is 3.04. The van der Waals surface area contributed by atoms with Gasteiger partial charge in [0.15, 0.2) is 17.2 Å². The predicted octanol–water partition coefficient (Wildman–Crippen LogP) is 1.20. The molecule has 0 unspecified atom stereocenters. The molecule has 0 aromatic heterocycles. The Kier molecular flexibility index (Phi) is 3.66. The van der Waals surface area contributed by atoms with Crippen molar-refractivity contribution < 1.29 is 33.7 Å². The van der Waals surface area contributed by atoms with Crippen molar-refractivity contribution in [3.63, 3.8) is 0 Å². The smallest absolute Gasteiger partial charge is 0.353 e. The Hall–Kier alpha value is -2.64. The van der Waals surface area contributed by atoms with E-state index >= 15 is 0 Å². The zero-order chi connectivity index (χ0) is 15.7. The van der Waals surface area contributed by atoms with Crippen molar-refractivity contribution in [1.29, 1.82) is 0 Å². The van der Waals surface area contributed by atoms with E-state index in [4.69, 9.17) is 28.9 Å². The monoisotopic (exact) mass is 309 g/mol. The second-order valence-electron chi connectivity index (χ2n) is 4.81. The third kappa shape index (κ3) is 2.36. The number of oxime groups is 1. The number of carboxylic acids is 1. The Bertz CT molecular complexity index is 641. The van der Waals surface area contributed by atoms with Crippen LogP contribution in [-0.4, -0.2) is 43.9 Å². The molecule has 0 fully saturated rings. The van der Waals surface area contributed by atoms with Crippen LogP contribution in [0.1, 0.15) is 12.0 Å². The van der Waals surface area contributed by atoms with Gasteiger partial charge in [0.2, 0.25) is 18.3 Å². The van der Waals surface area contributed by atoms with Crippen LogP contribution in [0.3, 0.4) is 0 Å². The van der Waals surface area contributed by atoms with Gasteiger partial charge in [-0.05, 0) is 6.07 Å². The van der Waals surface area contributed by atoms with Gasteiger partial charge >= 0.3 is 5.97 Å². The van der Waals surface area contributed by atoms with E-state index in [0.717, 1.165) is 5.56 Å². The first-order valence-corrected chi connectivity index (χ1v) is 6.63. The number of hydrogen-bond donors (Lipinski definition) is 1. The second kappa shape index (κ2) is 5.63. The Morgan fingerprint density at radius 1 is 1.36 bits per heavy atom. The molecule has 2 aliphatic rings. The highest BCUT2D eigenvalue weighted by Gasteiger charge is 2.31. The number of ether oxygens (including phenoxy) is 4. The van der Waals surface area contributed by atoms with Crippen LogP contribution in [0, 0.1) is 0 Å². The number of rotatable bonds is 5. The van der Waals surface area contributed by atoms with Crippen LogP contribution in [0.5, 0.6) is 23.0 Å². The fourth-order valence-electron chi connectivity index (χ4n) is 2.52. The van der Waals surface area contributed by atoms with Gasteiger partial charge < -0.3 is 28.9 Å². The molecule has 8 heteroatoms. The van der Waals surface area contributed by atoms with Crippen LogP contribution in [0.2, 0.25) is 0 Å². The molecule has 0 saturated carbocycles. The van der Waals surface area contributed by atoms with E-state index in [1.165, 1.54) is 14.2 Å². The quantitative estimate of drug-likeness (QED) is 0.873. The normalized spacial score (nSPS) is 18.6. The van der Waals surface area contributed by atoms with E-state index in [1.54, 1.807) is 6.07 Å². The standard InChI is InChI=1S/C14H15NO7/c1-18-11-7(3-8-5-9(14(16)17)15-22-8)4-10-12(13(11)19-2)21-6-20-10/h4,8H,3,5-6H2,1-2H3,(H,16,17)/t8-/m0/s1. The zero-order valence-corrected chi connectivity index (χ0v) is 12.1. The molecule has 1 aromatic carbocycles. The first-order valence-electron chi connectivity index (χ1n) is 6.63. The van der Waals surface area contributed by atoms with Crippen LogP contribution < -0.4 is 18.9 Å². The molecule has 0 saturated heterocycles. The van der Waals surface area contributed by atoms with Crippen molar-refractivity contribution in [2.45, 2.75) is 18.9 Å². The van der Waals surface area contributed by atoms with Crippen LogP contribution in [0.25, 0.3) is 0 Å². The maximum absolute atomic E-state index is 10.9. The Labute approximate surface area is 126 Å². The molecular weight excluding hydrogens is 294 g/mol. The molecule has 8 nitrogen and oxygen atoms in total. The highest BCUT2D eigenvalue weighted by molar-refractivity contribution is 6.35. The van der Waals surface area contributed by atoms with Crippen molar-refractivity contribution in [1.82, 2.24) is 0 Å². The molecule has 0 spiro atoms. The third-order valence-electron chi connectivity index (χ3n) is 3.49. The molecule has 2 heterocycles. The van der Waals surface area contributed by atoms with E-state index < -0.39 is 5.97 Å². The minimum absolute atomic E-state index is 0.0108. The average Bonchev–Trinajstić information content (AvgIpc) is 3.14. The van der Waals surface area contributed by atoms with Crippen molar-refractivity contribution in [2.75, 3.05) is 21.0 Å². The van der Waals surface area contributed by atoms with Crippen molar-refractivity contribution in [3.8, 4) is 23.0 Å². The van der Waals surface area contributed by atoms with E-state index in [9.17, 15) is 4.79 Å². The Balaban J connectivity index is 1.87. The maximum atomic E-state index is 10.9. The number of hydrogen-bond acceptors (Lipinski definition) is 7. The van der Waals surface area contributed by atoms with Crippen molar-refractivity contribution in [3.05, 3.63) is 11.6 Å². The molecule has 0 amide bonds. The molecule has 1 aromatic rings. The first-order chi connectivity index (χ1) is 10.6. The first kappa shape index (κ1) is 14.3. The Morgan fingerprint density at radius 2 is 2.14 bits per heavy atom. The van der Waals surface area contributed by atoms with Gasteiger partial charge in [-0.15, -0.1) is 0 Å². The molecule has 1 N–H and O–H groups in total. The van der Waals surface area contributed by atoms with E-state index in [2.05, 4.69) is 5.16 Å². The zero-order valence-electron chi connectivity index (χ0n) is 12.1. The molecule has 1 atom stereocenters. The lowest BCUT2D eigenvalue weighted by Crippen LogP contribution is -2.16. The minimum atomic E-state index is -1.07. The summed E-state index contributed by atoms with van der Waals surface area (Å²) in [5.74, 6) is 0.949. The number of benzene rings is 1. The fourth-order valence-corrected chi connectivity index (χ4v) is 2.52. The summed E-state index contributed by atoms with van der Waals surface area (Å²) in [5, 5.41) is 12.5. The van der Waals surface area contributed by atoms with E-state index in [-0.39, 0.29) is 25.0 Å². The second-order valence-corrected chi connectivity index (χ2v) is 4.81. The van der Waals surface area contributed by atoms with Gasteiger partial charge in [-0.25, -0.2) is 4.79 Å². The molecule has 0 radical (unpaired) electrons. The summed E-state index contributed by atoms with van der Waals surface area (Å²) >= 11 is 0. The van der Waals surface area contributed by atoms with Gasteiger partial charge in [0.1, 0.15) is 6.10 Å². The third-order valence-corrected chi connectivity index (χ3v) is 3.49. The molecular formula is C14H15NO7. The minimum Gasteiger partial charge on any atom is -0.492 e. The average molecular weight is 309 g/mol. The topological polar surface area (TPSA) is 95.8 Å². The number of methoxy groups -OCH3 is 2. The lowest BCUT2D eigenvalue weighted by atomic mass is 10.0. The highest BCUT2D eigenvalue weighted by Crippen LogP contribution is 2.49.